The summed E-state index contributed by atoms with van der Waals surface area (Å²) in [6.45, 7) is 4.21. The fourth-order valence-corrected chi connectivity index (χ4v) is 2.12. The molecule has 1 unspecified atom stereocenters. The molecule has 0 aliphatic carbocycles. The summed E-state index contributed by atoms with van der Waals surface area (Å²) in [4.78, 5) is 11.7. The van der Waals surface area contributed by atoms with E-state index in [1.807, 2.05) is 24.3 Å². The Kier molecular flexibility index (Phi) is 5.00. The lowest BCUT2D eigenvalue weighted by Gasteiger charge is -2.17. The molecule has 0 aliphatic rings. The number of halogens is 1. The van der Waals surface area contributed by atoms with Gasteiger partial charge in [-0.05, 0) is 30.0 Å². The monoisotopic (exact) mass is 284 g/mol. The molecule has 1 rings (SSSR count). The Bertz CT molecular complexity index is 361. The standard InChI is InChI=1S/C13H17BrO2/c1-9(2)7-12(13(15)16-3)10-5-4-6-11(14)8-10/h4-6,8-9,12H,7H2,1-3H3. The number of rotatable bonds is 4. The number of carbonyl (C=O) groups is 1. The number of hydrogen-bond acceptors (Lipinski definition) is 2. The number of hydrogen-bond donors (Lipinski definition) is 0. The van der Waals surface area contributed by atoms with Crippen molar-refractivity contribution in [3.63, 3.8) is 0 Å². The van der Waals surface area contributed by atoms with Gasteiger partial charge in [0.25, 0.3) is 0 Å². The van der Waals surface area contributed by atoms with E-state index in [4.69, 9.17) is 4.74 Å². The van der Waals surface area contributed by atoms with Crippen LogP contribution in [0, 0.1) is 5.92 Å². The van der Waals surface area contributed by atoms with Gasteiger partial charge in [-0.1, -0.05) is 41.9 Å². The zero-order chi connectivity index (χ0) is 12.1. The molecular weight excluding hydrogens is 268 g/mol. The van der Waals surface area contributed by atoms with E-state index >= 15 is 0 Å². The number of methoxy groups -OCH3 is 1. The summed E-state index contributed by atoms with van der Waals surface area (Å²) in [5, 5.41) is 0. The van der Waals surface area contributed by atoms with Gasteiger partial charge in [0.15, 0.2) is 0 Å². The van der Waals surface area contributed by atoms with Crippen molar-refractivity contribution in [1.82, 2.24) is 0 Å². The fraction of sp³-hybridized carbons (Fsp3) is 0.462. The summed E-state index contributed by atoms with van der Waals surface area (Å²) >= 11 is 3.42. The van der Waals surface area contributed by atoms with Crippen LogP contribution in [0.15, 0.2) is 28.7 Å². The highest BCUT2D eigenvalue weighted by Crippen LogP contribution is 2.27. The van der Waals surface area contributed by atoms with Crippen LogP contribution in [-0.4, -0.2) is 13.1 Å². The maximum absolute atomic E-state index is 11.7. The van der Waals surface area contributed by atoms with Gasteiger partial charge >= 0.3 is 5.97 Å². The largest absolute Gasteiger partial charge is 0.469 e. The van der Waals surface area contributed by atoms with Crippen LogP contribution in [0.3, 0.4) is 0 Å². The van der Waals surface area contributed by atoms with E-state index in [1.54, 1.807) is 0 Å². The number of esters is 1. The third kappa shape index (κ3) is 3.63. The van der Waals surface area contributed by atoms with Crippen LogP contribution in [0.1, 0.15) is 31.7 Å². The zero-order valence-electron chi connectivity index (χ0n) is 9.87. The predicted molar refractivity (Wildman–Crippen MR) is 68.4 cm³/mol. The summed E-state index contributed by atoms with van der Waals surface area (Å²) in [7, 11) is 1.44. The highest BCUT2D eigenvalue weighted by Gasteiger charge is 2.22. The van der Waals surface area contributed by atoms with E-state index in [9.17, 15) is 4.79 Å². The lowest BCUT2D eigenvalue weighted by molar-refractivity contribution is -0.142. The predicted octanol–water partition coefficient (Wildman–Crippen LogP) is 3.75. The lowest BCUT2D eigenvalue weighted by Crippen LogP contribution is -2.16. The van der Waals surface area contributed by atoms with Crippen molar-refractivity contribution in [2.75, 3.05) is 7.11 Å². The van der Waals surface area contributed by atoms with Gasteiger partial charge in [-0.2, -0.15) is 0 Å². The van der Waals surface area contributed by atoms with Gasteiger partial charge in [0.2, 0.25) is 0 Å². The average molecular weight is 285 g/mol. The molecule has 1 atom stereocenters. The second-order valence-electron chi connectivity index (χ2n) is 4.26. The van der Waals surface area contributed by atoms with Gasteiger partial charge in [-0.15, -0.1) is 0 Å². The van der Waals surface area contributed by atoms with Gasteiger partial charge in [0.05, 0.1) is 13.0 Å². The van der Waals surface area contributed by atoms with E-state index in [-0.39, 0.29) is 11.9 Å². The maximum Gasteiger partial charge on any atom is 0.313 e. The van der Waals surface area contributed by atoms with Crippen LogP contribution < -0.4 is 0 Å². The molecule has 3 heteroatoms. The van der Waals surface area contributed by atoms with Crippen molar-refractivity contribution in [2.24, 2.45) is 5.92 Å². The van der Waals surface area contributed by atoms with Crippen molar-refractivity contribution in [1.29, 1.82) is 0 Å². The smallest absolute Gasteiger partial charge is 0.313 e. The van der Waals surface area contributed by atoms with Crippen LogP contribution in [0.2, 0.25) is 0 Å². The minimum absolute atomic E-state index is 0.160. The third-order valence-corrected chi connectivity index (χ3v) is 2.94. The molecule has 0 amide bonds. The normalized spacial score (nSPS) is 12.6. The van der Waals surface area contributed by atoms with Crippen molar-refractivity contribution in [2.45, 2.75) is 26.2 Å². The molecule has 0 fully saturated rings. The molecule has 1 aromatic carbocycles. The van der Waals surface area contributed by atoms with E-state index in [0.29, 0.717) is 5.92 Å². The lowest BCUT2D eigenvalue weighted by atomic mass is 9.90. The Morgan fingerprint density at radius 3 is 2.62 bits per heavy atom. The third-order valence-electron chi connectivity index (χ3n) is 2.44. The van der Waals surface area contributed by atoms with Crippen molar-refractivity contribution < 1.29 is 9.53 Å². The summed E-state index contributed by atoms with van der Waals surface area (Å²) in [5.74, 6) is 0.136. The number of benzene rings is 1. The average Bonchev–Trinajstić information content (AvgIpc) is 2.24. The Balaban J connectivity index is 2.96. The molecule has 2 nitrogen and oxygen atoms in total. The molecule has 0 radical (unpaired) electrons. The molecule has 0 N–H and O–H groups in total. The number of ether oxygens (including phenoxy) is 1. The van der Waals surface area contributed by atoms with Crippen LogP contribution in [0.25, 0.3) is 0 Å². The quantitative estimate of drug-likeness (QED) is 0.787. The first-order chi connectivity index (χ1) is 7.54. The van der Waals surface area contributed by atoms with Crippen LogP contribution in [-0.2, 0) is 9.53 Å². The minimum Gasteiger partial charge on any atom is -0.469 e. The van der Waals surface area contributed by atoms with Gasteiger partial charge in [-0.25, -0.2) is 0 Å². The van der Waals surface area contributed by atoms with Gasteiger partial charge < -0.3 is 4.74 Å². The van der Waals surface area contributed by atoms with Gasteiger partial charge in [0, 0.05) is 4.47 Å². The van der Waals surface area contributed by atoms with Crippen LogP contribution in [0.5, 0.6) is 0 Å². The molecule has 0 aliphatic heterocycles. The SMILES string of the molecule is COC(=O)C(CC(C)C)c1cccc(Br)c1. The molecule has 0 saturated heterocycles. The Hall–Kier alpha value is -0.830. The Morgan fingerprint density at radius 2 is 2.12 bits per heavy atom. The Labute approximate surface area is 105 Å². The maximum atomic E-state index is 11.7. The molecule has 0 spiro atoms. The molecule has 0 heterocycles. The van der Waals surface area contributed by atoms with Crippen LogP contribution >= 0.6 is 15.9 Å². The van der Waals surface area contributed by atoms with E-state index in [0.717, 1.165) is 16.5 Å². The molecule has 16 heavy (non-hydrogen) atoms. The van der Waals surface area contributed by atoms with Crippen molar-refractivity contribution in [3.8, 4) is 0 Å². The molecule has 0 saturated carbocycles. The van der Waals surface area contributed by atoms with Gasteiger partial charge in [0.1, 0.15) is 0 Å². The fourth-order valence-electron chi connectivity index (χ4n) is 1.71. The summed E-state index contributed by atoms with van der Waals surface area (Å²) in [6.07, 6.45) is 0.809. The number of carbonyl (C=O) groups excluding carboxylic acids is 1. The first kappa shape index (κ1) is 13.2. The van der Waals surface area contributed by atoms with Crippen LogP contribution in [0.4, 0.5) is 0 Å². The topological polar surface area (TPSA) is 26.3 Å². The second-order valence-corrected chi connectivity index (χ2v) is 5.18. The minimum atomic E-state index is -0.164. The van der Waals surface area contributed by atoms with E-state index in [1.165, 1.54) is 7.11 Å². The van der Waals surface area contributed by atoms with Crippen molar-refractivity contribution in [3.05, 3.63) is 34.3 Å². The zero-order valence-corrected chi connectivity index (χ0v) is 11.5. The molecule has 0 aromatic heterocycles. The molecule has 0 bridgehead atoms. The highest BCUT2D eigenvalue weighted by atomic mass is 79.9. The highest BCUT2D eigenvalue weighted by molar-refractivity contribution is 9.10. The summed E-state index contributed by atoms with van der Waals surface area (Å²) < 4.78 is 5.84. The van der Waals surface area contributed by atoms with E-state index < -0.39 is 0 Å². The summed E-state index contributed by atoms with van der Waals surface area (Å²) in [6, 6.07) is 7.83. The molecular formula is C13H17BrO2. The summed E-state index contributed by atoms with van der Waals surface area (Å²) in [5.41, 5.74) is 1.01. The first-order valence-corrected chi connectivity index (χ1v) is 6.17. The molecule has 88 valence electrons. The Morgan fingerprint density at radius 1 is 1.44 bits per heavy atom. The second kappa shape index (κ2) is 6.04. The molecule has 1 aromatic rings. The first-order valence-electron chi connectivity index (χ1n) is 5.38. The van der Waals surface area contributed by atoms with Crippen molar-refractivity contribution >= 4 is 21.9 Å². The van der Waals surface area contributed by atoms with E-state index in [2.05, 4.69) is 29.8 Å². The van der Waals surface area contributed by atoms with Gasteiger partial charge in [-0.3, -0.25) is 4.79 Å².